The number of amides is 1. The van der Waals surface area contributed by atoms with Gasteiger partial charge in [0, 0.05) is 45.8 Å². The van der Waals surface area contributed by atoms with Gasteiger partial charge in [0.25, 0.3) is 0 Å². The Morgan fingerprint density at radius 1 is 1.12 bits per heavy atom. The Kier molecular flexibility index (Phi) is 6.67. The minimum absolute atomic E-state index is 0.0817. The average molecular weight is 348 g/mol. The van der Waals surface area contributed by atoms with Gasteiger partial charge in [-0.1, -0.05) is 12.1 Å². The minimum atomic E-state index is 0.0817. The van der Waals surface area contributed by atoms with E-state index in [0.717, 1.165) is 58.0 Å². The number of benzene rings is 1. The highest BCUT2D eigenvalue weighted by Crippen LogP contribution is 2.14. The van der Waals surface area contributed by atoms with E-state index in [-0.39, 0.29) is 17.8 Å². The van der Waals surface area contributed by atoms with E-state index in [1.165, 1.54) is 0 Å². The molecule has 6 heteroatoms. The number of carbonyl (C=O) groups excluding carboxylic acids is 1. The van der Waals surface area contributed by atoms with Crippen molar-refractivity contribution in [2.75, 3.05) is 52.5 Å². The van der Waals surface area contributed by atoms with Crippen molar-refractivity contribution >= 4 is 5.91 Å². The lowest BCUT2D eigenvalue weighted by atomic mass is 10.1. The smallest absolute Gasteiger partial charge is 0.222 e. The zero-order valence-electron chi connectivity index (χ0n) is 14.7. The van der Waals surface area contributed by atoms with Crippen molar-refractivity contribution in [3.8, 4) is 5.75 Å². The van der Waals surface area contributed by atoms with Gasteiger partial charge in [0.2, 0.25) is 5.91 Å². The highest BCUT2D eigenvalue weighted by atomic mass is 16.5. The molecule has 1 atom stereocenters. The van der Waals surface area contributed by atoms with Crippen molar-refractivity contribution in [3.05, 3.63) is 29.8 Å². The summed E-state index contributed by atoms with van der Waals surface area (Å²) in [5.74, 6) is 0.441. The topological polar surface area (TPSA) is 62.2 Å². The van der Waals surface area contributed by atoms with E-state index >= 15 is 0 Å². The Morgan fingerprint density at radius 2 is 1.88 bits per heavy atom. The van der Waals surface area contributed by atoms with Gasteiger partial charge in [-0.15, -0.1) is 0 Å². The van der Waals surface area contributed by atoms with Gasteiger partial charge in [0.15, 0.2) is 0 Å². The van der Waals surface area contributed by atoms with Crippen LogP contribution in [0.25, 0.3) is 0 Å². The van der Waals surface area contributed by atoms with E-state index < -0.39 is 0 Å². The Balaban J connectivity index is 1.49. The molecule has 0 saturated carbocycles. The van der Waals surface area contributed by atoms with E-state index in [1.54, 1.807) is 12.1 Å². The van der Waals surface area contributed by atoms with E-state index in [2.05, 4.69) is 4.90 Å². The molecule has 3 rings (SSSR count). The Bertz CT molecular complexity index is 543. The number of ether oxygens (including phenoxy) is 2. The summed E-state index contributed by atoms with van der Waals surface area (Å²) in [6.07, 6.45) is 2.17. The molecule has 1 N–H and O–H groups in total. The third kappa shape index (κ3) is 5.70. The van der Waals surface area contributed by atoms with Gasteiger partial charge in [-0.05, 0) is 30.5 Å². The number of aryl methyl sites for hydroxylation is 1. The maximum absolute atomic E-state index is 12.6. The lowest BCUT2D eigenvalue weighted by Gasteiger charge is -2.31. The van der Waals surface area contributed by atoms with Gasteiger partial charge in [-0.3, -0.25) is 9.69 Å². The van der Waals surface area contributed by atoms with Crippen LogP contribution in [0.3, 0.4) is 0 Å². The molecule has 2 saturated heterocycles. The molecule has 1 aromatic carbocycles. The summed E-state index contributed by atoms with van der Waals surface area (Å²) in [4.78, 5) is 16.9. The predicted molar refractivity (Wildman–Crippen MR) is 94.6 cm³/mol. The molecule has 1 aromatic rings. The van der Waals surface area contributed by atoms with Gasteiger partial charge >= 0.3 is 0 Å². The van der Waals surface area contributed by atoms with Gasteiger partial charge in [0.1, 0.15) is 5.75 Å². The average Bonchev–Trinajstić information content (AvgIpc) is 2.87. The maximum Gasteiger partial charge on any atom is 0.222 e. The van der Waals surface area contributed by atoms with Crippen molar-refractivity contribution < 1.29 is 19.4 Å². The Hall–Kier alpha value is -1.63. The summed E-state index contributed by atoms with van der Waals surface area (Å²) in [5.41, 5.74) is 1.07. The van der Waals surface area contributed by atoms with Crippen LogP contribution in [-0.2, 0) is 20.7 Å². The molecule has 138 valence electrons. The fourth-order valence-electron chi connectivity index (χ4n) is 3.38. The number of rotatable bonds is 5. The summed E-state index contributed by atoms with van der Waals surface area (Å²) in [7, 11) is 0. The molecule has 1 unspecified atom stereocenters. The second-order valence-electron chi connectivity index (χ2n) is 6.77. The lowest BCUT2D eigenvalue weighted by Crippen LogP contribution is -2.45. The van der Waals surface area contributed by atoms with Crippen molar-refractivity contribution in [3.63, 3.8) is 0 Å². The van der Waals surface area contributed by atoms with Gasteiger partial charge in [-0.25, -0.2) is 0 Å². The van der Waals surface area contributed by atoms with Crippen LogP contribution >= 0.6 is 0 Å². The first kappa shape index (κ1) is 18.2. The SMILES string of the molecule is O=C(CCc1ccc(O)cc1)N1CCCOC(CN2CCOCC2)C1. The van der Waals surface area contributed by atoms with Crippen LogP contribution in [0.1, 0.15) is 18.4 Å². The first-order valence-electron chi connectivity index (χ1n) is 9.18. The molecule has 0 radical (unpaired) electrons. The highest BCUT2D eigenvalue weighted by molar-refractivity contribution is 5.76. The molecule has 0 aliphatic carbocycles. The number of hydrogen-bond acceptors (Lipinski definition) is 5. The molecule has 0 bridgehead atoms. The molecule has 25 heavy (non-hydrogen) atoms. The van der Waals surface area contributed by atoms with Crippen LogP contribution in [-0.4, -0.2) is 79.5 Å². The third-order valence-electron chi connectivity index (χ3n) is 4.83. The van der Waals surface area contributed by atoms with E-state index in [0.29, 0.717) is 19.4 Å². The summed E-state index contributed by atoms with van der Waals surface area (Å²) in [6, 6.07) is 7.07. The fraction of sp³-hybridized carbons (Fsp3) is 0.632. The summed E-state index contributed by atoms with van der Waals surface area (Å²) < 4.78 is 11.3. The Labute approximate surface area is 149 Å². The molecule has 2 aliphatic rings. The van der Waals surface area contributed by atoms with Crippen LogP contribution in [0.15, 0.2) is 24.3 Å². The number of phenols is 1. The lowest BCUT2D eigenvalue weighted by molar-refractivity contribution is -0.132. The number of aromatic hydroxyl groups is 1. The monoisotopic (exact) mass is 348 g/mol. The molecule has 0 aromatic heterocycles. The first-order chi connectivity index (χ1) is 12.2. The van der Waals surface area contributed by atoms with Crippen LogP contribution in [0.2, 0.25) is 0 Å². The molecule has 2 fully saturated rings. The van der Waals surface area contributed by atoms with Crippen molar-refractivity contribution in [2.24, 2.45) is 0 Å². The predicted octanol–water partition coefficient (Wildman–Crippen LogP) is 1.27. The van der Waals surface area contributed by atoms with Crippen molar-refractivity contribution in [1.29, 1.82) is 0 Å². The second-order valence-corrected chi connectivity index (χ2v) is 6.77. The maximum atomic E-state index is 12.6. The second kappa shape index (κ2) is 9.17. The number of morpholine rings is 1. The highest BCUT2D eigenvalue weighted by Gasteiger charge is 2.24. The van der Waals surface area contributed by atoms with E-state index in [1.807, 2.05) is 17.0 Å². The largest absolute Gasteiger partial charge is 0.508 e. The van der Waals surface area contributed by atoms with Crippen LogP contribution in [0.5, 0.6) is 5.75 Å². The van der Waals surface area contributed by atoms with Gasteiger partial charge in [-0.2, -0.15) is 0 Å². The first-order valence-corrected chi connectivity index (χ1v) is 9.18. The quantitative estimate of drug-likeness (QED) is 0.868. The van der Waals surface area contributed by atoms with Crippen molar-refractivity contribution in [2.45, 2.75) is 25.4 Å². The molecule has 6 nitrogen and oxygen atoms in total. The van der Waals surface area contributed by atoms with Crippen LogP contribution < -0.4 is 0 Å². The van der Waals surface area contributed by atoms with Gasteiger partial charge in [0.05, 0.1) is 19.3 Å². The number of hydrogen-bond donors (Lipinski definition) is 1. The van der Waals surface area contributed by atoms with Crippen molar-refractivity contribution in [1.82, 2.24) is 9.80 Å². The molecular formula is C19H28N2O4. The summed E-state index contributed by atoms with van der Waals surface area (Å²) in [5, 5.41) is 9.33. The van der Waals surface area contributed by atoms with E-state index in [4.69, 9.17) is 9.47 Å². The zero-order valence-corrected chi connectivity index (χ0v) is 14.7. The van der Waals surface area contributed by atoms with Crippen LogP contribution in [0.4, 0.5) is 0 Å². The summed E-state index contributed by atoms with van der Waals surface area (Å²) in [6.45, 7) is 6.47. The van der Waals surface area contributed by atoms with Gasteiger partial charge < -0.3 is 19.5 Å². The fourth-order valence-corrected chi connectivity index (χ4v) is 3.38. The standard InChI is InChI=1S/C19H28N2O4/c22-17-5-2-16(3-6-17)4-7-19(23)21-8-1-11-25-18(15-21)14-20-9-12-24-13-10-20/h2-3,5-6,18,22H,1,4,7-15H2. The number of phenolic OH excluding ortho intramolecular Hbond substituents is 1. The molecule has 2 heterocycles. The zero-order chi connectivity index (χ0) is 17.5. The third-order valence-corrected chi connectivity index (χ3v) is 4.83. The number of carbonyl (C=O) groups is 1. The minimum Gasteiger partial charge on any atom is -0.508 e. The molecule has 1 amide bonds. The summed E-state index contributed by atoms with van der Waals surface area (Å²) >= 11 is 0. The van der Waals surface area contributed by atoms with Crippen LogP contribution in [0, 0.1) is 0 Å². The molecular weight excluding hydrogens is 320 g/mol. The number of nitrogens with zero attached hydrogens (tertiary/aromatic N) is 2. The molecule has 2 aliphatic heterocycles. The normalized spacial score (nSPS) is 22.6. The van der Waals surface area contributed by atoms with E-state index in [9.17, 15) is 9.90 Å². The Morgan fingerprint density at radius 3 is 2.64 bits per heavy atom. The molecule has 0 spiro atoms.